The fourth-order valence-corrected chi connectivity index (χ4v) is 4.31. The molecule has 4 nitrogen and oxygen atoms in total. The highest BCUT2D eigenvalue weighted by Crippen LogP contribution is 2.21. The molecule has 0 saturated heterocycles. The third kappa shape index (κ3) is 10.2. The van der Waals surface area contributed by atoms with E-state index in [0.29, 0.717) is 17.1 Å². The van der Waals surface area contributed by atoms with Crippen molar-refractivity contribution in [1.29, 1.82) is 0 Å². The van der Waals surface area contributed by atoms with E-state index in [9.17, 15) is 4.79 Å². The van der Waals surface area contributed by atoms with Gasteiger partial charge >= 0.3 is 5.97 Å². The van der Waals surface area contributed by atoms with E-state index >= 15 is 0 Å². The molecule has 2 aromatic carbocycles. The molecule has 1 atom stereocenters. The van der Waals surface area contributed by atoms with Crippen LogP contribution in [0, 0.1) is 5.92 Å². The maximum absolute atomic E-state index is 12.6. The highest BCUT2D eigenvalue weighted by Gasteiger charge is 2.09. The average molecular weight is 513 g/mol. The van der Waals surface area contributed by atoms with Crippen LogP contribution in [-0.4, -0.2) is 15.9 Å². The molecule has 0 amide bonds. The summed E-state index contributed by atoms with van der Waals surface area (Å²) in [7, 11) is 0. The van der Waals surface area contributed by atoms with Gasteiger partial charge in [-0.15, -0.1) is 0 Å². The van der Waals surface area contributed by atoms with Crippen LogP contribution in [0.3, 0.4) is 0 Å². The zero-order chi connectivity index (χ0) is 27.0. The lowest BCUT2D eigenvalue weighted by molar-refractivity contribution is 0.0735. The van der Waals surface area contributed by atoms with E-state index in [0.717, 1.165) is 29.9 Å². The van der Waals surface area contributed by atoms with Crippen LogP contribution in [0.25, 0.3) is 17.5 Å². The van der Waals surface area contributed by atoms with E-state index in [1.165, 1.54) is 63.4 Å². The predicted octanol–water partition coefficient (Wildman–Crippen LogP) is 9.50. The van der Waals surface area contributed by atoms with Crippen molar-refractivity contribution in [2.24, 2.45) is 5.92 Å². The smallest absolute Gasteiger partial charge is 0.343 e. The largest absolute Gasteiger partial charge is 0.423 e. The monoisotopic (exact) mass is 512 g/mol. The Morgan fingerprint density at radius 2 is 1.58 bits per heavy atom. The summed E-state index contributed by atoms with van der Waals surface area (Å²) in [5.41, 5.74) is 3.70. The molecule has 4 heteroatoms. The maximum atomic E-state index is 12.6. The van der Waals surface area contributed by atoms with Gasteiger partial charge in [-0.1, -0.05) is 90.0 Å². The molecule has 0 unspecified atom stereocenters. The maximum Gasteiger partial charge on any atom is 0.343 e. The summed E-state index contributed by atoms with van der Waals surface area (Å²) >= 11 is 0. The van der Waals surface area contributed by atoms with Gasteiger partial charge in [0, 0.05) is 18.0 Å². The van der Waals surface area contributed by atoms with E-state index in [-0.39, 0.29) is 5.97 Å². The van der Waals surface area contributed by atoms with Gasteiger partial charge in [0.05, 0.1) is 5.56 Å². The van der Waals surface area contributed by atoms with Crippen LogP contribution in [0.5, 0.6) is 5.75 Å². The normalized spacial score (nSPS) is 12.1. The molecule has 1 heterocycles. The minimum atomic E-state index is -0.363. The zero-order valence-electron chi connectivity index (χ0n) is 23.5. The number of esters is 1. The van der Waals surface area contributed by atoms with Crippen molar-refractivity contribution in [3.8, 4) is 17.1 Å². The molecule has 202 valence electrons. The molecule has 3 rings (SSSR count). The van der Waals surface area contributed by atoms with E-state index in [2.05, 4.69) is 42.9 Å². The van der Waals surface area contributed by atoms with Crippen molar-refractivity contribution in [2.45, 2.75) is 91.4 Å². The second kappa shape index (κ2) is 16.5. The van der Waals surface area contributed by atoms with Crippen LogP contribution < -0.4 is 4.74 Å². The van der Waals surface area contributed by atoms with Gasteiger partial charge in [-0.25, -0.2) is 14.8 Å². The van der Waals surface area contributed by atoms with Gasteiger partial charge in [-0.05, 0) is 79.1 Å². The number of carbonyl (C=O) groups excluding carboxylic acids is 1. The molecule has 3 aromatic rings. The Labute approximate surface area is 229 Å². The number of aromatic nitrogens is 2. The van der Waals surface area contributed by atoms with Gasteiger partial charge in [0.15, 0.2) is 5.82 Å². The Morgan fingerprint density at radius 1 is 0.868 bits per heavy atom. The summed E-state index contributed by atoms with van der Waals surface area (Å²) in [6.07, 6.45) is 21.7. The minimum Gasteiger partial charge on any atom is -0.423 e. The lowest BCUT2D eigenvalue weighted by Gasteiger charge is -2.08. The number of allylic oxidation sites excluding steroid dienone is 1. The van der Waals surface area contributed by atoms with Crippen LogP contribution in [-0.2, 0) is 6.42 Å². The van der Waals surface area contributed by atoms with Crippen LogP contribution >= 0.6 is 0 Å². The Morgan fingerprint density at radius 3 is 2.26 bits per heavy atom. The van der Waals surface area contributed by atoms with Crippen molar-refractivity contribution < 1.29 is 9.53 Å². The topological polar surface area (TPSA) is 52.1 Å². The van der Waals surface area contributed by atoms with E-state index < -0.39 is 0 Å². The Balaban J connectivity index is 1.44. The molecule has 0 fully saturated rings. The second-order valence-corrected chi connectivity index (χ2v) is 10.3. The van der Waals surface area contributed by atoms with Gasteiger partial charge < -0.3 is 4.74 Å². The van der Waals surface area contributed by atoms with E-state index in [1.807, 2.05) is 48.8 Å². The molecule has 1 aromatic heterocycles. The van der Waals surface area contributed by atoms with Gasteiger partial charge in [0.25, 0.3) is 0 Å². The average Bonchev–Trinajstić information content (AvgIpc) is 2.95. The molecule has 0 saturated carbocycles. The van der Waals surface area contributed by atoms with Gasteiger partial charge in [0.2, 0.25) is 0 Å². The van der Waals surface area contributed by atoms with Gasteiger partial charge in [-0.3, -0.25) is 0 Å². The Hall–Kier alpha value is -3.27. The first-order chi connectivity index (χ1) is 18.6. The minimum absolute atomic E-state index is 0.363. The first-order valence-electron chi connectivity index (χ1n) is 14.5. The fourth-order valence-electron chi connectivity index (χ4n) is 4.31. The summed E-state index contributed by atoms with van der Waals surface area (Å²) in [6, 6.07) is 14.9. The summed E-state index contributed by atoms with van der Waals surface area (Å²) < 4.78 is 5.57. The highest BCUT2D eigenvalue weighted by atomic mass is 16.5. The van der Waals surface area contributed by atoms with Crippen molar-refractivity contribution >= 4 is 12.0 Å². The quantitative estimate of drug-likeness (QED) is 0.109. The van der Waals surface area contributed by atoms with Crippen molar-refractivity contribution in [3.63, 3.8) is 0 Å². The Kier molecular flexibility index (Phi) is 12.8. The third-order valence-corrected chi connectivity index (χ3v) is 7.07. The number of unbranched alkanes of at least 4 members (excludes halogenated alkanes) is 6. The summed E-state index contributed by atoms with van der Waals surface area (Å²) in [5, 5.41) is 0. The van der Waals surface area contributed by atoms with Crippen molar-refractivity contribution in [2.75, 3.05) is 0 Å². The number of nitrogens with zero attached hydrogens (tertiary/aromatic N) is 2. The molecule has 0 N–H and O–H groups in total. The number of hydrogen-bond acceptors (Lipinski definition) is 4. The number of hydrogen-bond donors (Lipinski definition) is 0. The summed E-state index contributed by atoms with van der Waals surface area (Å²) in [5.74, 6) is 1.65. The van der Waals surface area contributed by atoms with Crippen molar-refractivity contribution in [3.05, 3.63) is 83.7 Å². The molecular formula is C34H44N2O2. The number of rotatable bonds is 16. The van der Waals surface area contributed by atoms with Gasteiger partial charge in [-0.2, -0.15) is 0 Å². The molecule has 0 aliphatic rings. The van der Waals surface area contributed by atoms with E-state index in [1.54, 1.807) is 12.1 Å². The molecule has 0 radical (unpaired) electrons. The molecule has 38 heavy (non-hydrogen) atoms. The first kappa shape index (κ1) is 29.3. The van der Waals surface area contributed by atoms with Gasteiger partial charge in [0.1, 0.15) is 5.75 Å². The number of ether oxygens (including phenoxy) is 1. The van der Waals surface area contributed by atoms with Crippen LogP contribution in [0.15, 0.2) is 67.0 Å². The standard InChI is InChI=1S/C34H44N2O2/c1-4-6-7-8-9-12-15-28-17-19-31(20-18-28)34(37)38-32-23-21-30(22-24-32)33-35-25-29(26-36-33)16-13-10-11-14-27(3)5-2/h12,15,17-27H,4-11,13-14,16H2,1-3H3/b15-12+/t27-/m0/s1. The third-order valence-electron chi connectivity index (χ3n) is 7.07. The summed E-state index contributed by atoms with van der Waals surface area (Å²) in [6.45, 7) is 6.82. The van der Waals surface area contributed by atoms with Crippen LogP contribution in [0.1, 0.15) is 106 Å². The molecule has 0 bridgehead atoms. The fraction of sp³-hybridized carbons (Fsp3) is 0.441. The number of carbonyl (C=O) groups is 1. The summed E-state index contributed by atoms with van der Waals surface area (Å²) in [4.78, 5) is 21.7. The number of benzene rings is 2. The first-order valence-corrected chi connectivity index (χ1v) is 14.5. The SMILES string of the molecule is CCCCCC/C=C/c1ccc(C(=O)Oc2ccc(-c3ncc(CCCCC[C@@H](C)CC)cn3)cc2)cc1. The molecule has 0 aliphatic heterocycles. The number of aryl methyl sites for hydroxylation is 1. The zero-order valence-corrected chi connectivity index (χ0v) is 23.5. The van der Waals surface area contributed by atoms with Crippen LogP contribution in [0.4, 0.5) is 0 Å². The molecule has 0 spiro atoms. The van der Waals surface area contributed by atoms with Crippen molar-refractivity contribution in [1.82, 2.24) is 9.97 Å². The van der Waals surface area contributed by atoms with Crippen LogP contribution in [0.2, 0.25) is 0 Å². The van der Waals surface area contributed by atoms with E-state index in [4.69, 9.17) is 4.74 Å². The lowest BCUT2D eigenvalue weighted by Crippen LogP contribution is -2.08. The Bertz CT molecular complexity index is 1100. The highest BCUT2D eigenvalue weighted by molar-refractivity contribution is 5.91. The predicted molar refractivity (Wildman–Crippen MR) is 158 cm³/mol. The lowest BCUT2D eigenvalue weighted by atomic mass is 10.00. The molecule has 0 aliphatic carbocycles. The molecular weight excluding hydrogens is 468 g/mol. The second-order valence-electron chi connectivity index (χ2n) is 10.3.